The van der Waals surface area contributed by atoms with E-state index in [0.717, 1.165) is 0 Å². The second-order valence-corrected chi connectivity index (χ2v) is 4.70. The highest BCUT2D eigenvalue weighted by molar-refractivity contribution is 7.12. The maximum Gasteiger partial charge on any atom is 0.335 e. The minimum Gasteiger partial charge on any atom is -0.493 e. The number of rotatable bonds is 5. The van der Waals surface area contributed by atoms with Crippen molar-refractivity contribution in [1.29, 1.82) is 0 Å². The van der Waals surface area contributed by atoms with Crippen LogP contribution >= 0.6 is 11.3 Å². The molecule has 0 aliphatic heterocycles. The van der Waals surface area contributed by atoms with Crippen molar-refractivity contribution in [3.63, 3.8) is 0 Å². The highest BCUT2D eigenvalue weighted by atomic mass is 32.1. The quantitative estimate of drug-likeness (QED) is 0.852. The maximum absolute atomic E-state index is 12.3. The summed E-state index contributed by atoms with van der Waals surface area (Å²) in [5.74, 6) is -0.879. The predicted molar refractivity (Wildman–Crippen MR) is 72.3 cm³/mol. The van der Waals surface area contributed by atoms with E-state index in [-0.39, 0.29) is 16.9 Å². The first-order chi connectivity index (χ1) is 9.13. The van der Waals surface area contributed by atoms with Gasteiger partial charge < -0.3 is 9.84 Å². The van der Waals surface area contributed by atoms with Crippen molar-refractivity contribution in [1.82, 2.24) is 0 Å². The molecule has 4 nitrogen and oxygen atoms in total. The van der Waals surface area contributed by atoms with Crippen LogP contribution in [0.4, 0.5) is 0 Å². The Kier molecular flexibility index (Phi) is 3.97. The molecule has 19 heavy (non-hydrogen) atoms. The van der Waals surface area contributed by atoms with Crippen molar-refractivity contribution in [3.8, 4) is 5.75 Å². The molecule has 1 aromatic heterocycles. The Morgan fingerprint density at radius 3 is 2.68 bits per heavy atom. The summed E-state index contributed by atoms with van der Waals surface area (Å²) in [5, 5.41) is 10.8. The number of benzene rings is 1. The monoisotopic (exact) mass is 276 g/mol. The van der Waals surface area contributed by atoms with Crippen LogP contribution in [0.1, 0.15) is 32.5 Å². The van der Waals surface area contributed by atoms with E-state index in [1.54, 1.807) is 17.5 Å². The topological polar surface area (TPSA) is 63.6 Å². The number of carbonyl (C=O) groups excluding carboxylic acids is 1. The highest BCUT2D eigenvalue weighted by Crippen LogP contribution is 2.25. The first-order valence-corrected chi connectivity index (χ1v) is 6.59. The van der Waals surface area contributed by atoms with Gasteiger partial charge in [0, 0.05) is 0 Å². The number of thiophene rings is 1. The van der Waals surface area contributed by atoms with E-state index in [0.29, 0.717) is 17.2 Å². The Morgan fingerprint density at radius 2 is 2.11 bits per heavy atom. The van der Waals surface area contributed by atoms with E-state index >= 15 is 0 Å². The number of ether oxygens (including phenoxy) is 1. The average Bonchev–Trinajstić information content (AvgIpc) is 2.92. The van der Waals surface area contributed by atoms with E-state index in [4.69, 9.17) is 9.84 Å². The Labute approximate surface area is 114 Å². The largest absolute Gasteiger partial charge is 0.493 e. The van der Waals surface area contributed by atoms with Gasteiger partial charge in [-0.15, -0.1) is 11.3 Å². The van der Waals surface area contributed by atoms with Crippen molar-refractivity contribution in [2.24, 2.45) is 0 Å². The van der Waals surface area contributed by atoms with Crippen molar-refractivity contribution < 1.29 is 19.4 Å². The lowest BCUT2D eigenvalue weighted by Gasteiger charge is -2.09. The fraction of sp³-hybridized carbons (Fsp3) is 0.143. The summed E-state index contributed by atoms with van der Waals surface area (Å²) in [6.45, 7) is 2.22. The number of hydrogen-bond acceptors (Lipinski definition) is 4. The smallest absolute Gasteiger partial charge is 0.335 e. The molecule has 1 heterocycles. The van der Waals surface area contributed by atoms with Crippen LogP contribution in [0, 0.1) is 0 Å². The molecular formula is C14H12O4S. The molecule has 0 amide bonds. The van der Waals surface area contributed by atoms with Crippen LogP contribution in [0.2, 0.25) is 0 Å². The number of ketones is 1. The first-order valence-electron chi connectivity index (χ1n) is 5.71. The molecule has 2 aromatic rings. The molecule has 0 spiro atoms. The molecule has 2 rings (SSSR count). The van der Waals surface area contributed by atoms with Gasteiger partial charge in [0.2, 0.25) is 5.78 Å². The third-order valence-electron chi connectivity index (χ3n) is 2.52. The lowest BCUT2D eigenvalue weighted by molar-refractivity contribution is 0.0697. The summed E-state index contributed by atoms with van der Waals surface area (Å²) in [4.78, 5) is 23.9. The molecule has 0 unspecified atom stereocenters. The van der Waals surface area contributed by atoms with Crippen molar-refractivity contribution in [2.45, 2.75) is 6.92 Å². The molecule has 5 heteroatoms. The zero-order valence-electron chi connectivity index (χ0n) is 10.3. The van der Waals surface area contributed by atoms with Gasteiger partial charge in [-0.25, -0.2) is 4.79 Å². The van der Waals surface area contributed by atoms with Gasteiger partial charge in [-0.1, -0.05) is 6.07 Å². The van der Waals surface area contributed by atoms with Gasteiger partial charge in [0.1, 0.15) is 5.75 Å². The Bertz CT molecular complexity index is 602. The molecule has 0 saturated heterocycles. The maximum atomic E-state index is 12.3. The number of aromatic carboxylic acids is 1. The third-order valence-corrected chi connectivity index (χ3v) is 3.38. The Morgan fingerprint density at radius 1 is 1.32 bits per heavy atom. The van der Waals surface area contributed by atoms with Crippen LogP contribution < -0.4 is 4.74 Å². The second kappa shape index (κ2) is 5.67. The summed E-state index contributed by atoms with van der Waals surface area (Å²) < 4.78 is 5.38. The molecular weight excluding hydrogens is 264 g/mol. The van der Waals surface area contributed by atoms with Gasteiger partial charge >= 0.3 is 5.97 Å². The van der Waals surface area contributed by atoms with Gasteiger partial charge in [0.25, 0.3) is 0 Å². The van der Waals surface area contributed by atoms with Gasteiger partial charge in [0.05, 0.1) is 22.6 Å². The Hall–Kier alpha value is -2.14. The molecule has 0 radical (unpaired) electrons. The fourth-order valence-electron chi connectivity index (χ4n) is 1.66. The van der Waals surface area contributed by atoms with E-state index in [2.05, 4.69) is 0 Å². The SMILES string of the molecule is CCOc1ccc(C(=O)O)cc1C(=O)c1cccs1. The number of carboxylic acid groups (broad SMARTS) is 1. The average molecular weight is 276 g/mol. The predicted octanol–water partition coefficient (Wildman–Crippen LogP) is 3.08. The lowest BCUT2D eigenvalue weighted by atomic mass is 10.0. The van der Waals surface area contributed by atoms with Crippen LogP contribution in [-0.4, -0.2) is 23.5 Å². The van der Waals surface area contributed by atoms with Crippen LogP contribution in [0.3, 0.4) is 0 Å². The van der Waals surface area contributed by atoms with E-state index in [1.165, 1.54) is 29.5 Å². The normalized spacial score (nSPS) is 10.2. The molecule has 0 saturated carbocycles. The second-order valence-electron chi connectivity index (χ2n) is 3.76. The highest BCUT2D eigenvalue weighted by Gasteiger charge is 2.18. The minimum atomic E-state index is -1.07. The van der Waals surface area contributed by atoms with Crippen LogP contribution in [-0.2, 0) is 0 Å². The molecule has 0 bridgehead atoms. The molecule has 98 valence electrons. The van der Waals surface area contributed by atoms with Crippen molar-refractivity contribution >= 4 is 23.1 Å². The lowest BCUT2D eigenvalue weighted by Crippen LogP contribution is -2.07. The minimum absolute atomic E-state index is 0.0726. The molecule has 0 aliphatic carbocycles. The van der Waals surface area contributed by atoms with Crippen LogP contribution in [0.25, 0.3) is 0 Å². The summed E-state index contributed by atoms with van der Waals surface area (Å²) in [6.07, 6.45) is 0. The zero-order chi connectivity index (χ0) is 13.8. The first kappa shape index (κ1) is 13.3. The molecule has 1 aromatic carbocycles. The van der Waals surface area contributed by atoms with E-state index in [9.17, 15) is 9.59 Å². The van der Waals surface area contributed by atoms with Crippen molar-refractivity contribution in [3.05, 3.63) is 51.7 Å². The summed E-state index contributed by atoms with van der Waals surface area (Å²) >= 11 is 1.31. The number of carbonyl (C=O) groups is 2. The van der Waals surface area contributed by atoms with Crippen LogP contribution in [0.15, 0.2) is 35.7 Å². The standard InChI is InChI=1S/C14H12O4S/c1-2-18-11-6-5-9(14(16)17)8-10(11)13(15)12-4-3-7-19-12/h3-8H,2H2,1H3,(H,16,17). The van der Waals surface area contributed by atoms with Crippen molar-refractivity contribution in [2.75, 3.05) is 6.61 Å². The summed E-state index contributed by atoms with van der Waals surface area (Å²) in [7, 11) is 0. The zero-order valence-corrected chi connectivity index (χ0v) is 11.1. The van der Waals surface area contributed by atoms with E-state index in [1.807, 2.05) is 6.92 Å². The molecule has 0 atom stereocenters. The summed E-state index contributed by atoms with van der Waals surface area (Å²) in [6, 6.07) is 7.79. The third kappa shape index (κ3) is 2.82. The molecule has 0 aliphatic rings. The number of carboxylic acids is 1. The number of hydrogen-bond donors (Lipinski definition) is 1. The Balaban J connectivity index is 2.48. The molecule has 0 fully saturated rings. The molecule has 1 N–H and O–H groups in total. The fourth-order valence-corrected chi connectivity index (χ4v) is 2.34. The summed E-state index contributed by atoms with van der Waals surface area (Å²) in [5.41, 5.74) is 0.354. The van der Waals surface area contributed by atoms with Gasteiger partial charge in [-0.05, 0) is 36.6 Å². The van der Waals surface area contributed by atoms with E-state index < -0.39 is 5.97 Å². The van der Waals surface area contributed by atoms with Gasteiger partial charge in [0.15, 0.2) is 0 Å². The van der Waals surface area contributed by atoms with Crippen LogP contribution in [0.5, 0.6) is 5.75 Å². The van der Waals surface area contributed by atoms with Gasteiger partial charge in [-0.3, -0.25) is 4.79 Å². The van der Waals surface area contributed by atoms with Gasteiger partial charge in [-0.2, -0.15) is 0 Å².